The number of benzene rings is 1. The van der Waals surface area contributed by atoms with E-state index in [-0.39, 0.29) is 22.2 Å². The van der Waals surface area contributed by atoms with Crippen molar-refractivity contribution in [3.05, 3.63) is 54.1 Å². The molecule has 4 saturated carbocycles. The van der Waals surface area contributed by atoms with Gasteiger partial charge in [0.15, 0.2) is 0 Å². The highest BCUT2D eigenvalue weighted by Crippen LogP contribution is 2.73. The molecular formula is C47H67NO5. The van der Waals surface area contributed by atoms with E-state index in [1.54, 1.807) is 25.1 Å². The summed E-state index contributed by atoms with van der Waals surface area (Å²) in [6.45, 7) is 20.8. The van der Waals surface area contributed by atoms with Crippen LogP contribution >= 0.6 is 0 Å². The van der Waals surface area contributed by atoms with E-state index in [1.165, 1.54) is 31.3 Å². The maximum Gasteiger partial charge on any atom is 0.335 e. The van der Waals surface area contributed by atoms with Crippen LogP contribution < -0.4 is 5.32 Å². The summed E-state index contributed by atoms with van der Waals surface area (Å²) in [5.41, 5.74) is 2.87. The Morgan fingerprint density at radius 3 is 1.91 bits per heavy atom. The lowest BCUT2D eigenvalue weighted by Gasteiger charge is -2.68. The van der Waals surface area contributed by atoms with Crippen molar-refractivity contribution in [1.82, 2.24) is 5.32 Å². The molecule has 9 atom stereocenters. The number of hydrogen-bond acceptors (Lipinski definition) is 3. The first-order chi connectivity index (χ1) is 25.2. The second-order valence-corrected chi connectivity index (χ2v) is 16.1. The van der Waals surface area contributed by atoms with E-state index >= 15 is 0 Å². The first-order valence-corrected chi connectivity index (χ1v) is 19.3. The molecule has 6 heteroatoms. The fourth-order valence-corrected chi connectivity index (χ4v) is 11.9. The summed E-state index contributed by atoms with van der Waals surface area (Å²) in [6, 6.07) is 6.59. The van der Waals surface area contributed by atoms with Gasteiger partial charge in [-0.3, -0.25) is 9.59 Å². The smallest absolute Gasteiger partial charge is 0.335 e. The van der Waals surface area contributed by atoms with E-state index in [0.717, 1.165) is 44.1 Å². The van der Waals surface area contributed by atoms with Crippen LogP contribution in [0.4, 0.5) is 0 Å². The zero-order valence-corrected chi connectivity index (χ0v) is 33.8. The third kappa shape index (κ3) is 8.62. The lowest BCUT2D eigenvalue weighted by atomic mass is 9.36. The molecule has 3 N–H and O–H groups in total. The minimum absolute atomic E-state index is 0.00983. The Morgan fingerprint density at radius 1 is 0.811 bits per heavy atom. The molecule has 4 fully saturated rings. The molecule has 1 amide bonds. The third-order valence-corrected chi connectivity index (χ3v) is 13.7. The maximum atomic E-state index is 13.7. The summed E-state index contributed by atoms with van der Waals surface area (Å²) >= 11 is 0. The molecule has 1 aromatic carbocycles. The monoisotopic (exact) mass is 726 g/mol. The average molecular weight is 726 g/mol. The molecule has 0 bridgehead atoms. The Balaban J connectivity index is 0.00000116. The van der Waals surface area contributed by atoms with Crippen LogP contribution in [-0.2, 0) is 9.59 Å². The number of rotatable bonds is 5. The fraction of sp³-hybridized carbons (Fsp3) is 0.596. The molecule has 0 spiro atoms. The van der Waals surface area contributed by atoms with E-state index in [9.17, 15) is 24.6 Å². The number of nitrogens with one attached hydrogen (secondary N) is 1. The number of carbonyl (C=O) groups is 3. The van der Waals surface area contributed by atoms with Crippen molar-refractivity contribution < 1.29 is 24.6 Å². The molecule has 290 valence electrons. The highest BCUT2D eigenvalue weighted by molar-refractivity contribution is 5.89. The van der Waals surface area contributed by atoms with Crippen LogP contribution in [-0.4, -0.2) is 34.1 Å². The fourth-order valence-electron chi connectivity index (χ4n) is 11.9. The zero-order chi connectivity index (χ0) is 40.9. The van der Waals surface area contributed by atoms with Gasteiger partial charge in [-0.2, -0.15) is 0 Å². The van der Waals surface area contributed by atoms with Gasteiger partial charge in [0, 0.05) is 0 Å². The SMILES string of the molecule is C#C.C#C.C#C.C=CC.CC.C[C@H](NC(=O)[C@]12CCCC1[C@H]1CCC3[C@@](C)(CCC4C(C)(C)C(c5ccc(C(=O)O)cc5)=CC[C@@]43C)C1CC2)C(=O)O. The van der Waals surface area contributed by atoms with Crippen LogP contribution in [0, 0.1) is 89.8 Å². The van der Waals surface area contributed by atoms with Crippen molar-refractivity contribution in [3.8, 4) is 38.5 Å². The molecule has 0 heterocycles. The molecule has 0 aromatic heterocycles. The predicted octanol–water partition coefficient (Wildman–Crippen LogP) is 10.4. The Hall–Kier alpha value is -4.21. The van der Waals surface area contributed by atoms with Gasteiger partial charge in [-0.15, -0.1) is 45.1 Å². The topological polar surface area (TPSA) is 104 Å². The van der Waals surface area contributed by atoms with Crippen molar-refractivity contribution in [3.63, 3.8) is 0 Å². The number of fused-ring (bicyclic) bond motifs is 7. The van der Waals surface area contributed by atoms with Crippen molar-refractivity contribution in [2.24, 2.45) is 51.2 Å². The largest absolute Gasteiger partial charge is 0.480 e. The molecule has 0 saturated heterocycles. The van der Waals surface area contributed by atoms with Gasteiger partial charge in [-0.25, -0.2) is 4.79 Å². The zero-order valence-electron chi connectivity index (χ0n) is 33.8. The lowest BCUT2D eigenvalue weighted by Crippen LogP contribution is -2.62. The van der Waals surface area contributed by atoms with Gasteiger partial charge < -0.3 is 15.5 Å². The Labute approximate surface area is 322 Å². The van der Waals surface area contributed by atoms with Gasteiger partial charge in [0.25, 0.3) is 0 Å². The summed E-state index contributed by atoms with van der Waals surface area (Å²) in [4.78, 5) is 36.6. The summed E-state index contributed by atoms with van der Waals surface area (Å²) in [5, 5.41) is 21.7. The first-order valence-electron chi connectivity index (χ1n) is 19.3. The number of aliphatic carboxylic acids is 1. The molecule has 0 aliphatic heterocycles. The predicted molar refractivity (Wildman–Crippen MR) is 220 cm³/mol. The Kier molecular flexibility index (Phi) is 17.4. The first kappa shape index (κ1) is 46.8. The number of carboxylic acids is 2. The molecule has 0 radical (unpaired) electrons. The number of aromatic carboxylic acids is 1. The van der Waals surface area contributed by atoms with Crippen LogP contribution in [0.25, 0.3) is 5.57 Å². The van der Waals surface area contributed by atoms with Crippen LogP contribution in [0.15, 0.2) is 43.0 Å². The molecule has 6 nitrogen and oxygen atoms in total. The van der Waals surface area contributed by atoms with Crippen molar-refractivity contribution in [2.75, 3.05) is 0 Å². The normalized spacial score (nSPS) is 32.8. The summed E-state index contributed by atoms with van der Waals surface area (Å²) in [7, 11) is 0. The minimum atomic E-state index is -0.967. The van der Waals surface area contributed by atoms with Crippen LogP contribution in [0.3, 0.4) is 0 Å². The van der Waals surface area contributed by atoms with Gasteiger partial charge in [0.05, 0.1) is 11.0 Å². The van der Waals surface area contributed by atoms with Crippen LogP contribution in [0.5, 0.6) is 0 Å². The quantitative estimate of drug-likeness (QED) is 0.207. The van der Waals surface area contributed by atoms with Crippen molar-refractivity contribution in [2.45, 2.75) is 126 Å². The highest BCUT2D eigenvalue weighted by Gasteiger charge is 2.66. The molecule has 5 aliphatic carbocycles. The Bertz CT molecular complexity index is 1480. The second-order valence-electron chi connectivity index (χ2n) is 16.1. The molecule has 1 aromatic rings. The third-order valence-electron chi connectivity index (χ3n) is 13.7. The summed E-state index contributed by atoms with van der Waals surface area (Å²) in [5.74, 6) is 0.846. The van der Waals surface area contributed by atoms with E-state index in [2.05, 4.69) is 84.2 Å². The number of amides is 1. The average Bonchev–Trinajstić information content (AvgIpc) is 3.61. The minimum Gasteiger partial charge on any atom is -0.480 e. The van der Waals surface area contributed by atoms with Gasteiger partial charge in [-0.1, -0.05) is 72.2 Å². The molecule has 4 unspecified atom stereocenters. The molecular weight excluding hydrogens is 659 g/mol. The van der Waals surface area contributed by atoms with Gasteiger partial charge >= 0.3 is 11.9 Å². The molecule has 53 heavy (non-hydrogen) atoms. The van der Waals surface area contributed by atoms with E-state index in [4.69, 9.17) is 0 Å². The highest BCUT2D eigenvalue weighted by atomic mass is 16.4. The van der Waals surface area contributed by atoms with Gasteiger partial charge in [0.1, 0.15) is 6.04 Å². The maximum absolute atomic E-state index is 13.7. The van der Waals surface area contributed by atoms with E-state index in [0.29, 0.717) is 35.2 Å². The summed E-state index contributed by atoms with van der Waals surface area (Å²) < 4.78 is 0. The van der Waals surface area contributed by atoms with Crippen LogP contribution in [0.1, 0.15) is 136 Å². The number of carbonyl (C=O) groups excluding carboxylic acids is 1. The van der Waals surface area contributed by atoms with Gasteiger partial charge in [-0.05, 0) is 141 Å². The summed E-state index contributed by atoms with van der Waals surface area (Å²) in [6.07, 6.45) is 39.1. The lowest BCUT2D eigenvalue weighted by molar-refractivity contribution is -0.182. The van der Waals surface area contributed by atoms with E-state index < -0.39 is 23.4 Å². The molecule has 5 aliphatic rings. The van der Waals surface area contributed by atoms with Crippen LogP contribution in [0.2, 0.25) is 0 Å². The van der Waals surface area contributed by atoms with Crippen molar-refractivity contribution >= 4 is 23.4 Å². The second kappa shape index (κ2) is 19.7. The molecule has 6 rings (SSSR count). The standard InChI is InChI=1S/C36H49NO5.C3H6.C2H6.3C2H2/c1-21(30(38)39)37-32(42)36-17-6-7-27(36)24-12-13-29-34(4,26(24)15-20-36)19-16-28-33(2,3)25(14-18-35(28,29)5)22-8-10-23(11-9-22)31(40)41;1-3-2;4*1-2/h8-11,14,21,24,26-29H,6-7,12-13,15-20H2,1-5H3,(H,37,42)(H,38,39)(H,40,41);3H,1H2,2H3;1-2H3;3*1-2H/t21-,24-,26?,27?,28?,29?,34-,35-,36-;;;;;/m0...../s1. The Morgan fingerprint density at radius 2 is 1.38 bits per heavy atom. The van der Waals surface area contributed by atoms with Crippen molar-refractivity contribution in [1.29, 1.82) is 0 Å². The number of carboxylic acid groups (broad SMARTS) is 2. The van der Waals surface area contributed by atoms with Gasteiger partial charge in [0.2, 0.25) is 5.91 Å². The number of allylic oxidation sites excluding steroid dienone is 3. The number of hydrogen-bond donors (Lipinski definition) is 3. The number of terminal acetylenes is 3. The van der Waals surface area contributed by atoms with E-state index in [1.807, 2.05) is 32.9 Å².